The highest BCUT2D eigenvalue weighted by Crippen LogP contribution is 2.20. The highest BCUT2D eigenvalue weighted by Gasteiger charge is 2.40. The molecule has 1 aliphatic rings. The Hall–Kier alpha value is -0.460. The highest BCUT2D eigenvalue weighted by molar-refractivity contribution is 4.88. The van der Waals surface area contributed by atoms with Gasteiger partial charge in [-0.15, -0.1) is 0 Å². The lowest BCUT2D eigenvalue weighted by atomic mass is 10.1. The van der Waals surface area contributed by atoms with Crippen molar-refractivity contribution in [1.82, 2.24) is 0 Å². The van der Waals surface area contributed by atoms with Gasteiger partial charge in [0.25, 0.3) is 0 Å². The fourth-order valence-electron chi connectivity index (χ4n) is 3.26. The maximum absolute atomic E-state index is 10.0. The van der Waals surface area contributed by atoms with Crippen molar-refractivity contribution < 1.29 is 24.8 Å². The molecule has 0 bridgehead atoms. The Kier molecular flexibility index (Phi) is 14.1. The minimum Gasteiger partial charge on any atom is -0.394 e. The molecule has 0 aliphatic carbocycles. The van der Waals surface area contributed by atoms with E-state index in [1.807, 2.05) is 0 Å². The summed E-state index contributed by atoms with van der Waals surface area (Å²) in [5, 5.41) is 28.5. The van der Waals surface area contributed by atoms with Gasteiger partial charge in [0.1, 0.15) is 24.4 Å². The molecule has 26 heavy (non-hydrogen) atoms. The smallest absolute Gasteiger partial charge is 0.114 e. The zero-order valence-electron chi connectivity index (χ0n) is 16.5. The van der Waals surface area contributed by atoms with Gasteiger partial charge >= 0.3 is 0 Å². The SMILES string of the molecule is CCCCC/C=C/CCCCCCCCO[C@@H]1CO[C@@H]([C@@H](O)CO)[C@H]1O. The molecule has 4 atom stereocenters. The van der Waals surface area contributed by atoms with Crippen LogP contribution in [-0.4, -0.2) is 59.6 Å². The van der Waals surface area contributed by atoms with Crippen molar-refractivity contribution in [3.8, 4) is 0 Å². The molecule has 0 aromatic rings. The van der Waals surface area contributed by atoms with Gasteiger partial charge in [-0.05, 0) is 32.1 Å². The van der Waals surface area contributed by atoms with Crippen LogP contribution in [0.1, 0.15) is 77.6 Å². The molecule has 1 fully saturated rings. The molecule has 1 saturated heterocycles. The van der Waals surface area contributed by atoms with E-state index >= 15 is 0 Å². The average molecular weight is 373 g/mol. The van der Waals surface area contributed by atoms with Gasteiger partial charge in [0, 0.05) is 6.61 Å². The van der Waals surface area contributed by atoms with Gasteiger partial charge in [0.15, 0.2) is 0 Å². The van der Waals surface area contributed by atoms with Crippen LogP contribution >= 0.6 is 0 Å². The predicted octanol–water partition coefficient (Wildman–Crippen LogP) is 3.35. The molecule has 5 nitrogen and oxygen atoms in total. The predicted molar refractivity (Wildman–Crippen MR) is 104 cm³/mol. The summed E-state index contributed by atoms with van der Waals surface area (Å²) in [4.78, 5) is 0. The van der Waals surface area contributed by atoms with Gasteiger partial charge in [-0.2, -0.15) is 0 Å². The topological polar surface area (TPSA) is 79.2 Å². The summed E-state index contributed by atoms with van der Waals surface area (Å²) in [7, 11) is 0. The number of hydrogen-bond donors (Lipinski definition) is 3. The van der Waals surface area contributed by atoms with Crippen molar-refractivity contribution in [2.24, 2.45) is 0 Å². The molecule has 1 heterocycles. The number of allylic oxidation sites excluding steroid dienone is 2. The van der Waals surface area contributed by atoms with Crippen molar-refractivity contribution in [3.05, 3.63) is 12.2 Å². The van der Waals surface area contributed by atoms with Gasteiger partial charge in [0.05, 0.1) is 13.2 Å². The first-order chi connectivity index (χ1) is 12.7. The molecule has 3 N–H and O–H groups in total. The van der Waals surface area contributed by atoms with E-state index in [-0.39, 0.29) is 6.61 Å². The maximum atomic E-state index is 10.0. The second-order valence-electron chi connectivity index (χ2n) is 7.32. The van der Waals surface area contributed by atoms with E-state index in [1.165, 1.54) is 57.8 Å². The van der Waals surface area contributed by atoms with E-state index in [2.05, 4.69) is 19.1 Å². The van der Waals surface area contributed by atoms with Crippen molar-refractivity contribution in [3.63, 3.8) is 0 Å². The Morgan fingerprint density at radius 1 is 1.00 bits per heavy atom. The number of hydrogen-bond acceptors (Lipinski definition) is 5. The summed E-state index contributed by atoms with van der Waals surface area (Å²) in [6.07, 6.45) is 15.2. The minimum atomic E-state index is -1.05. The molecule has 1 aliphatic heterocycles. The van der Waals surface area contributed by atoms with Crippen LogP contribution in [0.5, 0.6) is 0 Å². The Morgan fingerprint density at radius 2 is 1.62 bits per heavy atom. The molecule has 0 unspecified atom stereocenters. The van der Waals surface area contributed by atoms with Gasteiger partial charge in [-0.3, -0.25) is 0 Å². The van der Waals surface area contributed by atoms with Gasteiger partial charge in [0.2, 0.25) is 0 Å². The number of unbranched alkanes of at least 4 members (excludes halogenated alkanes) is 9. The number of rotatable bonds is 16. The highest BCUT2D eigenvalue weighted by atomic mass is 16.6. The van der Waals surface area contributed by atoms with Crippen LogP contribution in [0.4, 0.5) is 0 Å². The van der Waals surface area contributed by atoms with E-state index in [0.717, 1.165) is 12.8 Å². The molecule has 0 amide bonds. The first kappa shape index (κ1) is 23.6. The Morgan fingerprint density at radius 3 is 2.27 bits per heavy atom. The Labute approximate surface area is 159 Å². The van der Waals surface area contributed by atoms with Crippen LogP contribution in [0.25, 0.3) is 0 Å². The largest absolute Gasteiger partial charge is 0.394 e. The van der Waals surface area contributed by atoms with Gasteiger partial charge in [-0.1, -0.05) is 57.6 Å². The fraction of sp³-hybridized carbons (Fsp3) is 0.905. The van der Waals surface area contributed by atoms with Crippen molar-refractivity contribution in [2.75, 3.05) is 19.8 Å². The molecular formula is C21H40O5. The lowest BCUT2D eigenvalue weighted by Gasteiger charge is -2.20. The summed E-state index contributed by atoms with van der Waals surface area (Å²) in [6, 6.07) is 0. The number of ether oxygens (including phenoxy) is 2. The van der Waals surface area contributed by atoms with Crippen LogP contribution in [-0.2, 0) is 9.47 Å². The minimum absolute atomic E-state index is 0.273. The summed E-state index contributed by atoms with van der Waals surface area (Å²) in [5.41, 5.74) is 0. The standard InChI is InChI=1S/C21H40O5/c1-2-3-4-5-6-7-8-9-10-11-12-13-14-15-25-19-17-26-21(20(19)24)18(23)16-22/h6-7,18-24H,2-5,8-17H2,1H3/b7-6+/t18-,19+,20-,21-/m0/s1. The van der Waals surface area contributed by atoms with E-state index in [4.69, 9.17) is 14.6 Å². The first-order valence-electron chi connectivity index (χ1n) is 10.6. The summed E-state index contributed by atoms with van der Waals surface area (Å²) >= 11 is 0. The average Bonchev–Trinajstić information content (AvgIpc) is 3.02. The first-order valence-corrected chi connectivity index (χ1v) is 10.6. The third kappa shape index (κ3) is 10.0. The third-order valence-electron chi connectivity index (χ3n) is 4.97. The summed E-state index contributed by atoms with van der Waals surface area (Å²) in [5.74, 6) is 0. The van der Waals surface area contributed by atoms with Crippen molar-refractivity contribution >= 4 is 0 Å². The van der Waals surface area contributed by atoms with E-state index in [9.17, 15) is 10.2 Å². The lowest BCUT2D eigenvalue weighted by molar-refractivity contribution is -0.0730. The monoisotopic (exact) mass is 372 g/mol. The van der Waals surface area contributed by atoms with Crippen LogP contribution < -0.4 is 0 Å². The molecule has 0 aromatic heterocycles. The molecule has 0 saturated carbocycles. The Balaban J connectivity index is 1.88. The fourth-order valence-corrected chi connectivity index (χ4v) is 3.26. The second-order valence-corrected chi connectivity index (χ2v) is 7.32. The second kappa shape index (κ2) is 15.6. The molecular weight excluding hydrogens is 332 g/mol. The summed E-state index contributed by atoms with van der Waals surface area (Å²) < 4.78 is 11.0. The zero-order chi connectivity index (χ0) is 19.0. The van der Waals surface area contributed by atoms with Crippen molar-refractivity contribution in [1.29, 1.82) is 0 Å². The quantitative estimate of drug-likeness (QED) is 0.286. The van der Waals surface area contributed by atoms with Crippen LogP contribution in [0, 0.1) is 0 Å². The number of aliphatic hydroxyl groups excluding tert-OH is 3. The van der Waals surface area contributed by atoms with Crippen LogP contribution in [0.15, 0.2) is 12.2 Å². The number of aliphatic hydroxyl groups is 3. The molecule has 0 radical (unpaired) electrons. The van der Waals surface area contributed by atoms with Crippen molar-refractivity contribution in [2.45, 2.75) is 102 Å². The van der Waals surface area contributed by atoms with Crippen LogP contribution in [0.3, 0.4) is 0 Å². The molecule has 0 aromatic carbocycles. The normalized spacial score (nSPS) is 24.5. The third-order valence-corrected chi connectivity index (χ3v) is 4.97. The van der Waals surface area contributed by atoms with E-state index in [0.29, 0.717) is 6.61 Å². The van der Waals surface area contributed by atoms with Gasteiger partial charge in [-0.25, -0.2) is 0 Å². The Bertz CT molecular complexity index is 347. The van der Waals surface area contributed by atoms with Gasteiger partial charge < -0.3 is 24.8 Å². The van der Waals surface area contributed by atoms with Crippen LogP contribution in [0.2, 0.25) is 0 Å². The molecule has 0 spiro atoms. The molecule has 154 valence electrons. The van der Waals surface area contributed by atoms with E-state index < -0.39 is 31.0 Å². The van der Waals surface area contributed by atoms with E-state index in [1.54, 1.807) is 0 Å². The summed E-state index contributed by atoms with van der Waals surface area (Å²) in [6.45, 7) is 2.70. The zero-order valence-corrected chi connectivity index (χ0v) is 16.5. The molecule has 1 rings (SSSR count). The lowest BCUT2D eigenvalue weighted by Crippen LogP contribution is -2.41. The maximum Gasteiger partial charge on any atom is 0.114 e. The molecule has 5 heteroatoms.